The van der Waals surface area contributed by atoms with Gasteiger partial charge in [0.25, 0.3) is 0 Å². The molecule has 0 aliphatic carbocycles. The number of nitrogens with zero attached hydrogens (tertiary/aromatic N) is 4. The lowest BCUT2D eigenvalue weighted by Crippen LogP contribution is -2.04. The zero-order valence-corrected chi connectivity index (χ0v) is 26.8. The van der Waals surface area contributed by atoms with Crippen LogP contribution in [0.2, 0.25) is 0 Å². The molecule has 0 unspecified atom stereocenters. The molecule has 8 aromatic carbocycles. The number of aromatic nitrogens is 4. The summed E-state index contributed by atoms with van der Waals surface area (Å²) in [6.45, 7) is 0. The van der Waals surface area contributed by atoms with E-state index < -0.39 is 0 Å². The third-order valence-corrected chi connectivity index (χ3v) is 10.8. The van der Waals surface area contributed by atoms with E-state index in [0.717, 1.165) is 38.6 Å². The molecule has 0 atom stereocenters. The fourth-order valence-electron chi connectivity index (χ4n) is 8.78. The van der Waals surface area contributed by atoms with Crippen LogP contribution in [0.1, 0.15) is 0 Å². The maximum Gasteiger partial charge on any atom is 0.235 e. The highest BCUT2D eigenvalue weighted by molar-refractivity contribution is 6.36. The highest BCUT2D eigenvalue weighted by Gasteiger charge is 2.26. The summed E-state index contributed by atoms with van der Waals surface area (Å²) in [5.74, 6) is 0.672. The van der Waals surface area contributed by atoms with Crippen molar-refractivity contribution < 1.29 is 0 Å². The molecule has 0 N–H and O–H groups in total. The molecule has 12 rings (SSSR count). The van der Waals surface area contributed by atoms with E-state index in [4.69, 9.17) is 9.97 Å². The highest BCUT2D eigenvalue weighted by Crippen LogP contribution is 2.47. The van der Waals surface area contributed by atoms with E-state index in [0.29, 0.717) is 5.95 Å². The lowest BCUT2D eigenvalue weighted by Gasteiger charge is -2.14. The summed E-state index contributed by atoms with van der Waals surface area (Å²) < 4.78 is 4.80. The Hall–Kier alpha value is -6.78. The smallest absolute Gasteiger partial charge is 0.235 e. The summed E-state index contributed by atoms with van der Waals surface area (Å²) >= 11 is 0. The Labute approximate surface area is 285 Å². The number of rotatable bonds is 2. The molecule has 0 radical (unpaired) electrons. The van der Waals surface area contributed by atoms with Crippen molar-refractivity contribution in [2.45, 2.75) is 0 Å². The summed E-state index contributed by atoms with van der Waals surface area (Å²) in [4.78, 5) is 10.9. The second-order valence-electron chi connectivity index (χ2n) is 13.3. The average molecular weight is 635 g/mol. The van der Waals surface area contributed by atoms with Gasteiger partial charge in [-0.3, -0.25) is 4.57 Å². The Morgan fingerprint density at radius 1 is 0.380 bits per heavy atom. The maximum atomic E-state index is 5.52. The first-order chi connectivity index (χ1) is 24.8. The van der Waals surface area contributed by atoms with Crippen molar-refractivity contribution in [3.05, 3.63) is 158 Å². The van der Waals surface area contributed by atoms with Gasteiger partial charge in [0.1, 0.15) is 0 Å². The molecule has 4 heterocycles. The molecule has 12 aromatic rings. The van der Waals surface area contributed by atoms with Crippen molar-refractivity contribution in [2.75, 3.05) is 0 Å². The third-order valence-electron chi connectivity index (χ3n) is 10.8. The van der Waals surface area contributed by atoms with E-state index in [1.54, 1.807) is 0 Å². The second-order valence-corrected chi connectivity index (χ2v) is 13.3. The molecule has 0 saturated carbocycles. The van der Waals surface area contributed by atoms with E-state index >= 15 is 0 Å². The first-order valence-electron chi connectivity index (χ1n) is 17.1. The Kier molecular flexibility index (Phi) is 4.94. The molecule has 0 aliphatic rings. The first kappa shape index (κ1) is 26.2. The van der Waals surface area contributed by atoms with E-state index in [9.17, 15) is 0 Å². The number of hydrogen-bond acceptors (Lipinski definition) is 2. The van der Waals surface area contributed by atoms with Crippen LogP contribution in [0.4, 0.5) is 0 Å². The standard InChI is InChI=1S/C46H26N4/c1-2-14-29(15-3-1)43-41-31-17-7-5-12-27(31)22-24-36(41)47-46(48-43)50-37-20-10-8-18-32(37)34-26-35-40-30-16-6-4-13-28(30)23-25-39(40)49-38-21-11-9-19-33(38)42(44(34)50)45(35)49/h1-26H. The number of benzene rings is 8. The SMILES string of the molecule is c1ccc(-c2nc(-n3c4ccccc4c4cc5c6c7ccccc7ccc6n6c7ccccc7c(c43)c56)nc3ccc4ccccc4c23)cc1. The molecule has 0 fully saturated rings. The molecule has 0 bridgehead atoms. The predicted molar refractivity (Wildman–Crippen MR) is 209 cm³/mol. The van der Waals surface area contributed by atoms with Crippen molar-refractivity contribution in [3.63, 3.8) is 0 Å². The highest BCUT2D eigenvalue weighted by atomic mass is 15.2. The van der Waals surface area contributed by atoms with Crippen LogP contribution in [0.5, 0.6) is 0 Å². The largest absolute Gasteiger partial charge is 0.308 e. The topological polar surface area (TPSA) is 35.1 Å². The van der Waals surface area contributed by atoms with Crippen molar-refractivity contribution in [3.8, 4) is 17.2 Å². The van der Waals surface area contributed by atoms with Gasteiger partial charge in [-0.1, -0.05) is 127 Å². The van der Waals surface area contributed by atoms with Crippen LogP contribution in [0.3, 0.4) is 0 Å². The van der Waals surface area contributed by atoms with Gasteiger partial charge >= 0.3 is 0 Å². The number of para-hydroxylation sites is 2. The zero-order chi connectivity index (χ0) is 32.5. The van der Waals surface area contributed by atoms with E-state index in [2.05, 4.69) is 167 Å². The third kappa shape index (κ3) is 3.25. The summed E-state index contributed by atoms with van der Waals surface area (Å²) in [5, 5.41) is 13.4. The second kappa shape index (κ2) is 9.43. The van der Waals surface area contributed by atoms with Gasteiger partial charge in [-0.15, -0.1) is 0 Å². The van der Waals surface area contributed by atoms with Gasteiger partial charge in [0.2, 0.25) is 5.95 Å². The molecule has 4 aromatic heterocycles. The van der Waals surface area contributed by atoms with Gasteiger partial charge in [-0.2, -0.15) is 0 Å². The predicted octanol–water partition coefficient (Wildman–Crippen LogP) is 11.9. The molecule has 230 valence electrons. The van der Waals surface area contributed by atoms with E-state index in [1.807, 2.05) is 0 Å². The molecule has 0 spiro atoms. The zero-order valence-electron chi connectivity index (χ0n) is 26.8. The average Bonchev–Trinajstić information content (AvgIpc) is 3.82. The molecule has 0 saturated heterocycles. The van der Waals surface area contributed by atoms with Crippen LogP contribution in [0, 0.1) is 0 Å². The minimum absolute atomic E-state index is 0.672. The monoisotopic (exact) mass is 634 g/mol. The van der Waals surface area contributed by atoms with Crippen LogP contribution in [-0.2, 0) is 0 Å². The summed E-state index contributed by atoms with van der Waals surface area (Å²) in [6.07, 6.45) is 0. The molecular formula is C46H26N4. The number of hydrogen-bond donors (Lipinski definition) is 0. The normalized spacial score (nSPS) is 12.4. The molecule has 4 nitrogen and oxygen atoms in total. The summed E-state index contributed by atoms with van der Waals surface area (Å²) in [6, 6.07) is 56.7. The quantitative estimate of drug-likeness (QED) is 0.177. The molecule has 0 amide bonds. The lowest BCUT2D eigenvalue weighted by molar-refractivity contribution is 1.02. The molecular weight excluding hydrogens is 609 g/mol. The van der Waals surface area contributed by atoms with Crippen molar-refractivity contribution in [1.29, 1.82) is 0 Å². The maximum absolute atomic E-state index is 5.52. The fourth-order valence-corrected chi connectivity index (χ4v) is 8.78. The fraction of sp³-hybridized carbons (Fsp3) is 0. The van der Waals surface area contributed by atoms with Crippen LogP contribution in [-0.4, -0.2) is 18.9 Å². The van der Waals surface area contributed by atoms with Gasteiger partial charge in [0, 0.05) is 43.3 Å². The van der Waals surface area contributed by atoms with E-state index in [1.165, 1.54) is 65.0 Å². The van der Waals surface area contributed by atoms with E-state index in [-0.39, 0.29) is 0 Å². The van der Waals surface area contributed by atoms with Crippen LogP contribution in [0.25, 0.3) is 110 Å². The van der Waals surface area contributed by atoms with Gasteiger partial charge in [0.15, 0.2) is 0 Å². The molecule has 4 heteroatoms. The Morgan fingerprint density at radius 3 is 1.82 bits per heavy atom. The van der Waals surface area contributed by atoms with Crippen molar-refractivity contribution in [1.82, 2.24) is 18.9 Å². The molecule has 0 aliphatic heterocycles. The minimum Gasteiger partial charge on any atom is -0.308 e. The van der Waals surface area contributed by atoms with Crippen molar-refractivity contribution in [2.24, 2.45) is 0 Å². The summed E-state index contributed by atoms with van der Waals surface area (Å²) in [5.41, 5.74) is 8.84. The summed E-state index contributed by atoms with van der Waals surface area (Å²) in [7, 11) is 0. The van der Waals surface area contributed by atoms with Gasteiger partial charge in [-0.25, -0.2) is 9.97 Å². The Balaban J connectivity index is 1.32. The Morgan fingerprint density at radius 2 is 1.02 bits per heavy atom. The van der Waals surface area contributed by atoms with Crippen LogP contribution >= 0.6 is 0 Å². The first-order valence-corrected chi connectivity index (χ1v) is 17.1. The van der Waals surface area contributed by atoms with Crippen molar-refractivity contribution >= 4 is 92.3 Å². The van der Waals surface area contributed by atoms with Crippen LogP contribution in [0.15, 0.2) is 158 Å². The Bertz CT molecular complexity index is 3370. The van der Waals surface area contributed by atoms with Gasteiger partial charge in [0.05, 0.1) is 38.8 Å². The number of fused-ring (bicyclic) bond motifs is 15. The van der Waals surface area contributed by atoms with Gasteiger partial charge < -0.3 is 4.40 Å². The minimum atomic E-state index is 0.672. The van der Waals surface area contributed by atoms with Gasteiger partial charge in [-0.05, 0) is 51.9 Å². The molecule has 50 heavy (non-hydrogen) atoms. The van der Waals surface area contributed by atoms with Crippen LogP contribution < -0.4 is 0 Å². The lowest BCUT2D eigenvalue weighted by atomic mass is 10.00.